The van der Waals surface area contributed by atoms with Crippen molar-refractivity contribution in [1.82, 2.24) is 5.32 Å². The molecule has 0 saturated heterocycles. The van der Waals surface area contributed by atoms with Crippen LogP contribution in [-0.2, 0) is 9.53 Å². The van der Waals surface area contributed by atoms with Crippen molar-refractivity contribution in [1.29, 1.82) is 0 Å². The molecule has 0 aromatic heterocycles. The Labute approximate surface area is 142 Å². The summed E-state index contributed by atoms with van der Waals surface area (Å²) in [6.07, 6.45) is 4.43. The first kappa shape index (κ1) is 18.3. The molecule has 0 bridgehead atoms. The summed E-state index contributed by atoms with van der Waals surface area (Å²) in [4.78, 5) is 24.2. The Balaban J connectivity index is 1.85. The first-order chi connectivity index (χ1) is 11.6. The fraction of sp³-hybridized carbons (Fsp3) is 0.556. The number of amides is 1. The summed E-state index contributed by atoms with van der Waals surface area (Å²) in [5, 5.41) is 14.8. The van der Waals surface area contributed by atoms with Crippen molar-refractivity contribution in [3.63, 3.8) is 0 Å². The van der Waals surface area contributed by atoms with Crippen LogP contribution in [0, 0.1) is 5.92 Å². The largest absolute Gasteiger partial charge is 0.452 e. The zero-order valence-electron chi connectivity index (χ0n) is 14.1. The second-order valence-corrected chi connectivity index (χ2v) is 6.21. The molecular formula is C18H26N2O4. The molecule has 2 atom stereocenters. The van der Waals surface area contributed by atoms with E-state index in [0.29, 0.717) is 23.7 Å². The number of hydrogen-bond donors (Lipinski definition) is 3. The topological polar surface area (TPSA) is 87.7 Å². The average molecular weight is 334 g/mol. The number of anilines is 1. The molecule has 1 saturated carbocycles. The summed E-state index contributed by atoms with van der Waals surface area (Å²) < 4.78 is 5.13. The van der Waals surface area contributed by atoms with Crippen LogP contribution >= 0.6 is 0 Å². The summed E-state index contributed by atoms with van der Waals surface area (Å²) in [7, 11) is 0. The summed E-state index contributed by atoms with van der Waals surface area (Å²) >= 11 is 0. The van der Waals surface area contributed by atoms with Gasteiger partial charge in [-0.1, -0.05) is 31.9 Å². The Hall–Kier alpha value is -2.08. The predicted octanol–water partition coefficient (Wildman–Crippen LogP) is 1.94. The van der Waals surface area contributed by atoms with E-state index in [9.17, 15) is 9.59 Å². The minimum absolute atomic E-state index is 0.0363. The number of aliphatic hydroxyl groups is 1. The van der Waals surface area contributed by atoms with Crippen molar-refractivity contribution in [3.8, 4) is 0 Å². The van der Waals surface area contributed by atoms with Gasteiger partial charge in [-0.25, -0.2) is 4.79 Å². The van der Waals surface area contributed by atoms with Crippen LogP contribution in [0.25, 0.3) is 0 Å². The number of benzene rings is 1. The lowest BCUT2D eigenvalue weighted by Gasteiger charge is -2.29. The fourth-order valence-electron chi connectivity index (χ4n) is 2.99. The first-order valence-electron chi connectivity index (χ1n) is 8.52. The normalized spacial score (nSPS) is 20.2. The number of nitrogens with one attached hydrogen (secondary N) is 2. The Bertz CT molecular complexity index is 562. The minimum atomic E-state index is -0.553. The molecule has 1 aromatic rings. The van der Waals surface area contributed by atoms with Crippen LogP contribution in [0.15, 0.2) is 24.3 Å². The Morgan fingerprint density at radius 3 is 2.75 bits per heavy atom. The number of ether oxygens (including phenoxy) is 1. The molecule has 1 aliphatic rings. The Morgan fingerprint density at radius 1 is 1.25 bits per heavy atom. The predicted molar refractivity (Wildman–Crippen MR) is 91.9 cm³/mol. The van der Waals surface area contributed by atoms with E-state index < -0.39 is 5.97 Å². The van der Waals surface area contributed by atoms with E-state index in [2.05, 4.69) is 17.6 Å². The lowest BCUT2D eigenvalue weighted by Crippen LogP contribution is -2.42. The monoisotopic (exact) mass is 334 g/mol. The molecule has 0 unspecified atom stereocenters. The van der Waals surface area contributed by atoms with E-state index in [0.717, 1.165) is 19.3 Å². The molecule has 6 nitrogen and oxygen atoms in total. The van der Waals surface area contributed by atoms with Crippen LogP contribution in [0.1, 0.15) is 43.0 Å². The molecular weight excluding hydrogens is 308 g/mol. The number of hydrogen-bond acceptors (Lipinski definition) is 5. The fourth-order valence-corrected chi connectivity index (χ4v) is 2.99. The highest BCUT2D eigenvalue weighted by atomic mass is 16.5. The van der Waals surface area contributed by atoms with Crippen molar-refractivity contribution >= 4 is 17.6 Å². The van der Waals surface area contributed by atoms with Gasteiger partial charge in [-0.15, -0.1) is 0 Å². The number of aliphatic hydroxyl groups excluding tert-OH is 1. The molecule has 0 aliphatic heterocycles. The van der Waals surface area contributed by atoms with Crippen LogP contribution in [0.5, 0.6) is 0 Å². The van der Waals surface area contributed by atoms with Gasteiger partial charge in [-0.05, 0) is 30.9 Å². The van der Waals surface area contributed by atoms with E-state index in [1.54, 1.807) is 24.3 Å². The lowest BCUT2D eigenvalue weighted by atomic mass is 9.86. The Morgan fingerprint density at radius 2 is 2.00 bits per heavy atom. The average Bonchev–Trinajstić information content (AvgIpc) is 2.60. The molecule has 132 valence electrons. The molecule has 1 fully saturated rings. The summed E-state index contributed by atoms with van der Waals surface area (Å²) in [5.74, 6) is -0.354. The number of esters is 1. The summed E-state index contributed by atoms with van der Waals surface area (Å²) in [5.41, 5.74) is 0.933. The molecule has 0 spiro atoms. The Kier molecular flexibility index (Phi) is 7.06. The maximum absolute atomic E-state index is 12.2. The molecule has 0 radical (unpaired) electrons. The van der Waals surface area contributed by atoms with Crippen LogP contribution < -0.4 is 10.6 Å². The molecule has 6 heteroatoms. The zero-order chi connectivity index (χ0) is 17.4. The number of carbonyl (C=O) groups excluding carboxylic acids is 2. The van der Waals surface area contributed by atoms with Crippen LogP contribution in [0.2, 0.25) is 0 Å². The molecule has 24 heavy (non-hydrogen) atoms. The summed E-state index contributed by atoms with van der Waals surface area (Å²) in [6, 6.07) is 7.04. The quantitative estimate of drug-likeness (QED) is 0.663. The third kappa shape index (κ3) is 5.23. The van der Waals surface area contributed by atoms with Crippen molar-refractivity contribution < 1.29 is 19.4 Å². The smallest absolute Gasteiger partial charge is 0.340 e. The molecule has 1 aromatic carbocycles. The van der Waals surface area contributed by atoms with Crippen LogP contribution in [0.4, 0.5) is 5.69 Å². The van der Waals surface area contributed by atoms with Crippen molar-refractivity contribution in [2.45, 2.75) is 38.6 Å². The summed E-state index contributed by atoms with van der Waals surface area (Å²) in [6.45, 7) is 2.16. The third-order valence-electron chi connectivity index (χ3n) is 4.37. The maximum atomic E-state index is 12.2. The van der Waals surface area contributed by atoms with Gasteiger partial charge < -0.3 is 20.5 Å². The van der Waals surface area contributed by atoms with E-state index in [-0.39, 0.29) is 25.2 Å². The molecule has 3 N–H and O–H groups in total. The van der Waals surface area contributed by atoms with E-state index in [4.69, 9.17) is 9.84 Å². The van der Waals surface area contributed by atoms with Crippen molar-refractivity contribution in [2.75, 3.05) is 25.1 Å². The molecule has 1 amide bonds. The second-order valence-electron chi connectivity index (χ2n) is 6.21. The van der Waals surface area contributed by atoms with Gasteiger partial charge in [0.15, 0.2) is 6.61 Å². The second kappa shape index (κ2) is 9.27. The molecule has 1 aliphatic carbocycles. The van der Waals surface area contributed by atoms with Gasteiger partial charge in [-0.2, -0.15) is 0 Å². The molecule has 2 rings (SSSR count). The highest BCUT2D eigenvalue weighted by molar-refractivity contribution is 5.96. The zero-order valence-corrected chi connectivity index (χ0v) is 14.1. The molecule has 0 heterocycles. The van der Waals surface area contributed by atoms with Gasteiger partial charge in [-0.3, -0.25) is 4.79 Å². The van der Waals surface area contributed by atoms with Crippen LogP contribution in [-0.4, -0.2) is 42.8 Å². The SMILES string of the molecule is C[C@H]1CCCC[C@@H]1NC(=O)COC(=O)c1ccccc1NCCO. The van der Waals surface area contributed by atoms with Gasteiger partial charge in [0.25, 0.3) is 5.91 Å². The van der Waals surface area contributed by atoms with E-state index >= 15 is 0 Å². The van der Waals surface area contributed by atoms with Gasteiger partial charge in [0.1, 0.15) is 0 Å². The highest BCUT2D eigenvalue weighted by Gasteiger charge is 2.23. The van der Waals surface area contributed by atoms with Gasteiger partial charge in [0, 0.05) is 18.3 Å². The van der Waals surface area contributed by atoms with Gasteiger partial charge >= 0.3 is 5.97 Å². The van der Waals surface area contributed by atoms with Crippen molar-refractivity contribution in [2.24, 2.45) is 5.92 Å². The van der Waals surface area contributed by atoms with E-state index in [1.807, 2.05) is 0 Å². The third-order valence-corrected chi connectivity index (χ3v) is 4.37. The minimum Gasteiger partial charge on any atom is -0.452 e. The maximum Gasteiger partial charge on any atom is 0.340 e. The van der Waals surface area contributed by atoms with Crippen LogP contribution in [0.3, 0.4) is 0 Å². The first-order valence-corrected chi connectivity index (χ1v) is 8.52. The highest BCUT2D eigenvalue weighted by Crippen LogP contribution is 2.23. The lowest BCUT2D eigenvalue weighted by molar-refractivity contribution is -0.125. The van der Waals surface area contributed by atoms with Gasteiger partial charge in [0.2, 0.25) is 0 Å². The number of carbonyl (C=O) groups is 2. The number of rotatable bonds is 7. The van der Waals surface area contributed by atoms with Crippen molar-refractivity contribution in [3.05, 3.63) is 29.8 Å². The standard InChI is InChI=1S/C18H26N2O4/c1-13-6-2-4-8-15(13)20-17(22)12-24-18(23)14-7-3-5-9-16(14)19-10-11-21/h3,5,7,9,13,15,19,21H,2,4,6,8,10-12H2,1H3,(H,20,22)/t13-,15-/m0/s1. The van der Waals surface area contributed by atoms with E-state index in [1.165, 1.54) is 6.42 Å². The van der Waals surface area contributed by atoms with Gasteiger partial charge in [0.05, 0.1) is 12.2 Å². The number of para-hydroxylation sites is 1.